The van der Waals surface area contributed by atoms with Crippen LogP contribution < -0.4 is 15.5 Å². The molecule has 0 aliphatic carbocycles. The first-order valence-electron chi connectivity index (χ1n) is 10.8. The van der Waals surface area contributed by atoms with Gasteiger partial charge in [0.15, 0.2) is 0 Å². The average molecular weight is 473 g/mol. The van der Waals surface area contributed by atoms with Gasteiger partial charge in [0.25, 0.3) is 17.5 Å². The van der Waals surface area contributed by atoms with Gasteiger partial charge < -0.3 is 10.1 Å². The van der Waals surface area contributed by atoms with Crippen molar-refractivity contribution >= 4 is 29.8 Å². The first-order valence-corrected chi connectivity index (χ1v) is 10.8. The van der Waals surface area contributed by atoms with Gasteiger partial charge in [-0.15, -0.1) is 0 Å². The number of hydrogen-bond donors (Lipinski definition) is 2. The fraction of sp³-hybridized carbons (Fsp3) is 0.115. The maximum atomic E-state index is 12.8. The molecule has 35 heavy (non-hydrogen) atoms. The molecule has 9 heteroatoms. The molecule has 178 valence electrons. The van der Waals surface area contributed by atoms with Crippen LogP contribution in [0.4, 0.5) is 5.69 Å². The van der Waals surface area contributed by atoms with E-state index in [1.54, 1.807) is 60.7 Å². The summed E-state index contributed by atoms with van der Waals surface area (Å²) in [5.74, 6) is -0.426. The van der Waals surface area contributed by atoms with Crippen LogP contribution in [0.2, 0.25) is 0 Å². The van der Waals surface area contributed by atoms with E-state index in [1.165, 1.54) is 30.5 Å². The fourth-order valence-corrected chi connectivity index (χ4v) is 2.93. The van der Waals surface area contributed by atoms with Gasteiger partial charge in [0, 0.05) is 23.3 Å². The second-order valence-corrected chi connectivity index (χ2v) is 7.35. The number of nitrogens with zero attached hydrogens (tertiary/aromatic N) is 2. The number of carbonyl (C=O) groups is 2. The van der Waals surface area contributed by atoms with Gasteiger partial charge >= 0.3 is 0 Å². The molecule has 0 saturated heterocycles. The molecule has 0 atom stereocenters. The van der Waals surface area contributed by atoms with E-state index < -0.39 is 16.7 Å². The minimum Gasteiger partial charge on any atom is -0.494 e. The molecule has 0 saturated carbocycles. The Kier molecular flexibility index (Phi) is 8.84. The lowest BCUT2D eigenvalue weighted by atomic mass is 10.1. The first kappa shape index (κ1) is 24.8. The lowest BCUT2D eigenvalue weighted by molar-refractivity contribution is -0.384. The molecule has 0 aliphatic rings. The standard InChI is InChI=1S/C26H24N4O5/c1-2-15-35-23-13-11-19(12-14-23)17-24(28-25(31)21-8-4-3-5-9-21)26(32)29-27-18-20-7-6-10-22(16-20)30(33)34/h3-14,16-18H,2,15H2,1H3,(H,28,31)(H,29,32)/b24-17+,27-18?. The summed E-state index contributed by atoms with van der Waals surface area (Å²) in [6.07, 6.45) is 3.68. The predicted molar refractivity (Wildman–Crippen MR) is 133 cm³/mol. The molecule has 0 bridgehead atoms. The lowest BCUT2D eigenvalue weighted by Crippen LogP contribution is -2.32. The lowest BCUT2D eigenvalue weighted by Gasteiger charge is -2.10. The van der Waals surface area contributed by atoms with Gasteiger partial charge in [-0.25, -0.2) is 5.43 Å². The van der Waals surface area contributed by atoms with Gasteiger partial charge in [0.1, 0.15) is 11.4 Å². The van der Waals surface area contributed by atoms with Gasteiger partial charge in [-0.2, -0.15) is 5.10 Å². The van der Waals surface area contributed by atoms with Crippen molar-refractivity contribution in [1.82, 2.24) is 10.7 Å². The third-order valence-electron chi connectivity index (χ3n) is 4.65. The smallest absolute Gasteiger partial charge is 0.287 e. The summed E-state index contributed by atoms with van der Waals surface area (Å²) in [5, 5.41) is 17.4. The minimum atomic E-state index is -0.665. The van der Waals surface area contributed by atoms with Crippen molar-refractivity contribution in [2.75, 3.05) is 6.61 Å². The van der Waals surface area contributed by atoms with Crippen LogP contribution in [-0.4, -0.2) is 29.6 Å². The van der Waals surface area contributed by atoms with E-state index in [-0.39, 0.29) is 11.4 Å². The molecule has 0 unspecified atom stereocenters. The highest BCUT2D eigenvalue weighted by atomic mass is 16.6. The molecule has 3 aromatic rings. The molecule has 9 nitrogen and oxygen atoms in total. The van der Waals surface area contributed by atoms with E-state index in [0.717, 1.165) is 6.42 Å². The van der Waals surface area contributed by atoms with Crippen LogP contribution in [0.5, 0.6) is 5.75 Å². The quantitative estimate of drug-likeness (QED) is 0.197. The molecule has 3 aromatic carbocycles. The van der Waals surface area contributed by atoms with E-state index in [0.29, 0.717) is 29.0 Å². The van der Waals surface area contributed by atoms with Gasteiger partial charge in [-0.1, -0.05) is 49.4 Å². The number of nitro benzene ring substituents is 1. The summed E-state index contributed by atoms with van der Waals surface area (Å²) in [5.41, 5.74) is 3.70. The summed E-state index contributed by atoms with van der Waals surface area (Å²) in [4.78, 5) is 35.9. The number of non-ortho nitro benzene ring substituents is 1. The molecule has 0 fully saturated rings. The molecule has 0 spiro atoms. The van der Waals surface area contributed by atoms with Gasteiger partial charge in [-0.05, 0) is 42.3 Å². The molecule has 3 rings (SSSR count). The predicted octanol–water partition coefficient (Wildman–Crippen LogP) is 4.30. The first-order chi connectivity index (χ1) is 17.0. The zero-order valence-corrected chi connectivity index (χ0v) is 19.0. The van der Waals surface area contributed by atoms with Crippen molar-refractivity contribution in [3.05, 3.63) is 111 Å². The number of nitro groups is 1. The van der Waals surface area contributed by atoms with Crippen molar-refractivity contribution in [2.24, 2.45) is 5.10 Å². The third-order valence-corrected chi connectivity index (χ3v) is 4.65. The number of hydrogen-bond acceptors (Lipinski definition) is 6. The topological polar surface area (TPSA) is 123 Å². The summed E-state index contributed by atoms with van der Waals surface area (Å²) < 4.78 is 5.57. The van der Waals surface area contributed by atoms with Crippen LogP contribution in [0.25, 0.3) is 6.08 Å². The van der Waals surface area contributed by atoms with Crippen LogP contribution in [0.1, 0.15) is 34.8 Å². The highest BCUT2D eigenvalue weighted by Crippen LogP contribution is 2.15. The molecule has 0 aliphatic heterocycles. The Bertz CT molecular complexity index is 1240. The van der Waals surface area contributed by atoms with Gasteiger partial charge in [-0.3, -0.25) is 19.7 Å². The maximum absolute atomic E-state index is 12.8. The fourth-order valence-electron chi connectivity index (χ4n) is 2.93. The number of ether oxygens (including phenoxy) is 1. The Labute approximate surface area is 202 Å². The summed E-state index contributed by atoms with van der Waals surface area (Å²) in [6.45, 7) is 2.61. The van der Waals surface area contributed by atoms with E-state index in [2.05, 4.69) is 15.8 Å². The van der Waals surface area contributed by atoms with Crippen molar-refractivity contribution in [1.29, 1.82) is 0 Å². The number of benzene rings is 3. The number of nitrogens with one attached hydrogen (secondary N) is 2. The molecule has 2 N–H and O–H groups in total. The Balaban J connectivity index is 1.79. The summed E-state index contributed by atoms with van der Waals surface area (Å²) in [6, 6.07) is 21.4. The van der Waals surface area contributed by atoms with Crippen molar-refractivity contribution in [2.45, 2.75) is 13.3 Å². The Morgan fingerprint density at radius 1 is 1.00 bits per heavy atom. The number of rotatable bonds is 10. The summed E-state index contributed by atoms with van der Waals surface area (Å²) >= 11 is 0. The molecule has 0 aromatic heterocycles. The number of carbonyl (C=O) groups excluding carboxylic acids is 2. The zero-order chi connectivity index (χ0) is 25.0. The molecule has 0 radical (unpaired) electrons. The Morgan fingerprint density at radius 2 is 1.74 bits per heavy atom. The van der Waals surface area contributed by atoms with Gasteiger partial charge in [0.2, 0.25) is 0 Å². The Morgan fingerprint density at radius 3 is 2.43 bits per heavy atom. The third kappa shape index (κ3) is 7.64. The number of hydrazone groups is 1. The maximum Gasteiger partial charge on any atom is 0.287 e. The van der Waals surface area contributed by atoms with Crippen LogP contribution >= 0.6 is 0 Å². The highest BCUT2D eigenvalue weighted by molar-refractivity contribution is 6.05. The van der Waals surface area contributed by atoms with E-state index in [9.17, 15) is 19.7 Å². The Hall–Kier alpha value is -4.79. The van der Waals surface area contributed by atoms with Gasteiger partial charge in [0.05, 0.1) is 17.7 Å². The van der Waals surface area contributed by atoms with E-state index in [4.69, 9.17) is 4.74 Å². The van der Waals surface area contributed by atoms with Crippen LogP contribution in [-0.2, 0) is 4.79 Å². The highest BCUT2D eigenvalue weighted by Gasteiger charge is 2.14. The summed E-state index contributed by atoms with van der Waals surface area (Å²) in [7, 11) is 0. The largest absolute Gasteiger partial charge is 0.494 e. The van der Waals surface area contributed by atoms with Crippen LogP contribution in [0.15, 0.2) is 89.7 Å². The zero-order valence-electron chi connectivity index (χ0n) is 19.0. The number of amides is 2. The monoisotopic (exact) mass is 472 g/mol. The normalized spacial score (nSPS) is 11.2. The van der Waals surface area contributed by atoms with Crippen molar-refractivity contribution in [3.63, 3.8) is 0 Å². The molecular formula is C26H24N4O5. The van der Waals surface area contributed by atoms with Crippen molar-refractivity contribution < 1.29 is 19.2 Å². The van der Waals surface area contributed by atoms with Crippen LogP contribution in [0, 0.1) is 10.1 Å². The van der Waals surface area contributed by atoms with E-state index in [1.807, 2.05) is 6.92 Å². The molecular weight excluding hydrogens is 448 g/mol. The SMILES string of the molecule is CCCOc1ccc(/C=C(/NC(=O)c2ccccc2)C(=O)NN=Cc2cccc([N+](=O)[O-])c2)cc1. The second-order valence-electron chi connectivity index (χ2n) is 7.35. The van der Waals surface area contributed by atoms with Crippen molar-refractivity contribution in [3.8, 4) is 5.75 Å². The molecule has 2 amide bonds. The average Bonchev–Trinajstić information content (AvgIpc) is 2.88. The minimum absolute atomic E-state index is 0.0303. The second kappa shape index (κ2) is 12.4. The molecule has 0 heterocycles. The van der Waals surface area contributed by atoms with E-state index >= 15 is 0 Å². The van der Waals surface area contributed by atoms with Crippen LogP contribution in [0.3, 0.4) is 0 Å².